The van der Waals surface area contributed by atoms with Gasteiger partial charge in [0, 0.05) is 33.2 Å². The van der Waals surface area contributed by atoms with Crippen molar-refractivity contribution in [3.63, 3.8) is 0 Å². The maximum absolute atomic E-state index is 11.2. The van der Waals surface area contributed by atoms with E-state index in [1.807, 2.05) is 0 Å². The first-order valence-electron chi connectivity index (χ1n) is 4.48. The van der Waals surface area contributed by atoms with Crippen LogP contribution in [-0.2, 0) is 13.8 Å². The van der Waals surface area contributed by atoms with E-state index in [0.29, 0.717) is 19.7 Å². The first-order chi connectivity index (χ1) is 6.59. The molecule has 0 amide bonds. The van der Waals surface area contributed by atoms with Crippen molar-refractivity contribution in [3.05, 3.63) is 0 Å². The number of nitrogens with zero attached hydrogens (tertiary/aromatic N) is 1. The SMILES string of the molecule is [B][C@H]1CNCC(CO[P+](=O)N(C)C)O1. The van der Waals surface area contributed by atoms with Gasteiger partial charge in [-0.05, 0) is 4.57 Å². The highest BCUT2D eigenvalue weighted by molar-refractivity contribution is 7.36. The molecule has 14 heavy (non-hydrogen) atoms. The smallest absolute Gasteiger partial charge is 0.380 e. The van der Waals surface area contributed by atoms with Crippen LogP contribution in [0.15, 0.2) is 0 Å². The maximum Gasteiger partial charge on any atom is 0.615 e. The molecule has 1 fully saturated rings. The third kappa shape index (κ3) is 4.03. The highest BCUT2D eigenvalue weighted by Gasteiger charge is 2.26. The van der Waals surface area contributed by atoms with Crippen molar-refractivity contribution in [2.45, 2.75) is 12.1 Å². The third-order valence-corrected chi connectivity index (χ3v) is 2.81. The molecule has 0 aromatic carbocycles. The lowest BCUT2D eigenvalue weighted by Gasteiger charge is -2.27. The number of rotatable bonds is 4. The summed E-state index contributed by atoms with van der Waals surface area (Å²) in [5, 5.41) is 3.10. The second-order valence-electron chi connectivity index (χ2n) is 3.34. The van der Waals surface area contributed by atoms with Gasteiger partial charge in [-0.15, -0.1) is 4.52 Å². The highest BCUT2D eigenvalue weighted by atomic mass is 31.1. The summed E-state index contributed by atoms with van der Waals surface area (Å²) >= 11 is 0. The van der Waals surface area contributed by atoms with Gasteiger partial charge < -0.3 is 10.1 Å². The molecule has 0 bridgehead atoms. The van der Waals surface area contributed by atoms with Crippen molar-refractivity contribution in [3.8, 4) is 0 Å². The minimum atomic E-state index is -1.74. The fourth-order valence-corrected chi connectivity index (χ4v) is 1.62. The van der Waals surface area contributed by atoms with Crippen molar-refractivity contribution < 1.29 is 13.8 Å². The molecule has 1 rings (SSSR count). The fourth-order valence-electron chi connectivity index (χ4n) is 1.09. The van der Waals surface area contributed by atoms with Gasteiger partial charge in [0.15, 0.2) is 0 Å². The molecule has 2 radical (unpaired) electrons. The average Bonchev–Trinajstić information content (AvgIpc) is 2.14. The minimum Gasteiger partial charge on any atom is -0.380 e. The lowest BCUT2D eigenvalue weighted by molar-refractivity contribution is -0.0196. The molecule has 1 saturated heterocycles. The van der Waals surface area contributed by atoms with E-state index in [1.54, 1.807) is 14.1 Å². The predicted octanol–water partition coefficient (Wildman–Crippen LogP) is -0.295. The molecule has 2 unspecified atom stereocenters. The van der Waals surface area contributed by atoms with E-state index in [-0.39, 0.29) is 12.1 Å². The third-order valence-electron chi connectivity index (χ3n) is 1.78. The lowest BCUT2D eigenvalue weighted by Crippen LogP contribution is -2.46. The Morgan fingerprint density at radius 2 is 2.36 bits per heavy atom. The molecule has 7 heteroatoms. The molecule has 0 saturated carbocycles. The van der Waals surface area contributed by atoms with Crippen LogP contribution in [0.3, 0.4) is 0 Å². The second kappa shape index (κ2) is 5.78. The number of nitrogens with one attached hydrogen (secondary N) is 1. The summed E-state index contributed by atoms with van der Waals surface area (Å²) in [4.78, 5) is 0. The first kappa shape index (κ1) is 12.1. The second-order valence-corrected chi connectivity index (χ2v) is 4.87. The fraction of sp³-hybridized carbons (Fsp3) is 1.00. The van der Waals surface area contributed by atoms with Gasteiger partial charge in [-0.3, -0.25) is 0 Å². The van der Waals surface area contributed by atoms with Gasteiger partial charge in [0.1, 0.15) is 14.5 Å². The Bertz CT molecular complexity index is 205. The summed E-state index contributed by atoms with van der Waals surface area (Å²) in [5.41, 5.74) is 0. The van der Waals surface area contributed by atoms with Gasteiger partial charge in [0.2, 0.25) is 0 Å². The highest BCUT2D eigenvalue weighted by Crippen LogP contribution is 2.24. The molecule has 3 atom stereocenters. The van der Waals surface area contributed by atoms with Crippen LogP contribution in [0.2, 0.25) is 0 Å². The Morgan fingerprint density at radius 3 is 2.93 bits per heavy atom. The molecular weight excluding hydrogens is 202 g/mol. The molecule has 1 aliphatic heterocycles. The van der Waals surface area contributed by atoms with Crippen molar-refractivity contribution in [1.82, 2.24) is 9.99 Å². The topological polar surface area (TPSA) is 50.8 Å². The molecule has 0 aliphatic carbocycles. The summed E-state index contributed by atoms with van der Waals surface area (Å²) in [6.07, 6.45) is -0.113. The van der Waals surface area contributed by atoms with Crippen LogP contribution >= 0.6 is 8.18 Å². The van der Waals surface area contributed by atoms with Crippen LogP contribution in [0.4, 0.5) is 0 Å². The zero-order valence-corrected chi connectivity index (χ0v) is 9.37. The summed E-state index contributed by atoms with van der Waals surface area (Å²) in [5.74, 6) is 0. The average molecular weight is 217 g/mol. The van der Waals surface area contributed by atoms with Crippen LogP contribution in [0.25, 0.3) is 0 Å². The summed E-state index contributed by atoms with van der Waals surface area (Å²) in [6.45, 7) is 1.63. The number of ether oxygens (including phenoxy) is 1. The van der Waals surface area contributed by atoms with E-state index in [1.165, 1.54) is 4.67 Å². The Kier molecular flexibility index (Phi) is 4.99. The molecule has 0 aromatic rings. The molecule has 1 aliphatic rings. The van der Waals surface area contributed by atoms with Gasteiger partial charge in [-0.2, -0.15) is 0 Å². The van der Waals surface area contributed by atoms with Gasteiger partial charge in [0.25, 0.3) is 0 Å². The number of hydrogen-bond acceptors (Lipinski definition) is 4. The number of hydrogen-bond donors (Lipinski definition) is 1. The summed E-state index contributed by atoms with van der Waals surface area (Å²) in [7, 11) is 7.22. The monoisotopic (exact) mass is 217 g/mol. The summed E-state index contributed by atoms with van der Waals surface area (Å²) < 4.78 is 23.2. The normalized spacial score (nSPS) is 29.2. The molecule has 1 heterocycles. The van der Waals surface area contributed by atoms with Crippen LogP contribution in [-0.4, -0.2) is 58.4 Å². The van der Waals surface area contributed by atoms with Crippen molar-refractivity contribution in [2.24, 2.45) is 0 Å². The molecular formula is C7H15BN2O3P+. The minimum absolute atomic E-state index is 0.113. The molecule has 1 N–H and O–H groups in total. The molecule has 0 spiro atoms. The standard InChI is InChI=1S/C7H15BN2O3P/c1-10(2)14(11)12-5-6-3-9-4-7(8)13-6/h6-7,9H,3-5H2,1-2H3/q+1/t6?,7-/m1/s1. The zero-order chi connectivity index (χ0) is 10.6. The van der Waals surface area contributed by atoms with E-state index in [9.17, 15) is 4.57 Å². The van der Waals surface area contributed by atoms with E-state index < -0.39 is 8.18 Å². The van der Waals surface area contributed by atoms with E-state index in [2.05, 4.69) is 5.32 Å². The Labute approximate surface area is 86.5 Å². The predicted molar refractivity (Wildman–Crippen MR) is 54.5 cm³/mol. The zero-order valence-electron chi connectivity index (χ0n) is 8.47. The van der Waals surface area contributed by atoms with Crippen LogP contribution in [0.5, 0.6) is 0 Å². The quantitative estimate of drug-likeness (QED) is 0.517. The molecule has 5 nitrogen and oxygen atoms in total. The van der Waals surface area contributed by atoms with Crippen molar-refractivity contribution in [2.75, 3.05) is 33.8 Å². The van der Waals surface area contributed by atoms with Crippen molar-refractivity contribution >= 4 is 16.0 Å². The number of morpholine rings is 1. The van der Waals surface area contributed by atoms with Crippen LogP contribution in [0.1, 0.15) is 0 Å². The Balaban J connectivity index is 2.20. The Morgan fingerprint density at radius 1 is 1.64 bits per heavy atom. The van der Waals surface area contributed by atoms with E-state index in [4.69, 9.17) is 17.1 Å². The largest absolute Gasteiger partial charge is 0.615 e. The maximum atomic E-state index is 11.2. The Hall–Kier alpha value is 0.00494. The first-order valence-corrected chi connectivity index (χ1v) is 5.62. The summed E-state index contributed by atoms with van der Waals surface area (Å²) in [6, 6.07) is -0.297. The molecule has 0 aromatic heterocycles. The van der Waals surface area contributed by atoms with Gasteiger partial charge in [0.05, 0.1) is 6.10 Å². The lowest BCUT2D eigenvalue weighted by atomic mass is 9.98. The van der Waals surface area contributed by atoms with Gasteiger partial charge >= 0.3 is 8.18 Å². The van der Waals surface area contributed by atoms with Gasteiger partial charge in [-0.25, -0.2) is 0 Å². The van der Waals surface area contributed by atoms with Gasteiger partial charge in [-0.1, -0.05) is 4.67 Å². The van der Waals surface area contributed by atoms with E-state index in [0.717, 1.165) is 0 Å². The van der Waals surface area contributed by atoms with Crippen molar-refractivity contribution in [1.29, 1.82) is 0 Å². The van der Waals surface area contributed by atoms with Crippen LogP contribution in [0, 0.1) is 0 Å². The molecule has 78 valence electrons. The van der Waals surface area contributed by atoms with E-state index >= 15 is 0 Å². The van der Waals surface area contributed by atoms with Crippen LogP contribution < -0.4 is 5.32 Å².